The van der Waals surface area contributed by atoms with Crippen molar-refractivity contribution in [3.05, 3.63) is 0 Å². The number of nitriles is 1. The van der Waals surface area contributed by atoms with Crippen LogP contribution in [0.15, 0.2) is 0 Å². The SMILES string of the molecule is CC(=O)O[C@@H]1[C@H]2O[C@@](C)(C#N)O[C@H]2OC[C@H]1OC(C)=O. The summed E-state index contributed by atoms with van der Waals surface area (Å²) in [5.74, 6) is -2.57. The van der Waals surface area contributed by atoms with Crippen molar-refractivity contribution in [2.45, 2.75) is 51.2 Å². The predicted molar refractivity (Wildman–Crippen MR) is 60.8 cm³/mol. The molecule has 0 aromatic carbocycles. The van der Waals surface area contributed by atoms with Gasteiger partial charge in [-0.2, -0.15) is 5.26 Å². The number of fused-ring (bicyclic) bond motifs is 1. The van der Waals surface area contributed by atoms with Gasteiger partial charge in [0.2, 0.25) is 0 Å². The summed E-state index contributed by atoms with van der Waals surface area (Å²) in [6.07, 6.45) is -3.37. The third kappa shape index (κ3) is 2.90. The summed E-state index contributed by atoms with van der Waals surface area (Å²) in [5, 5.41) is 9.00. The third-order valence-electron chi connectivity index (χ3n) is 2.91. The number of carbonyl (C=O) groups excluding carboxylic acids is 2. The van der Waals surface area contributed by atoms with E-state index in [9.17, 15) is 9.59 Å². The van der Waals surface area contributed by atoms with Crippen molar-refractivity contribution >= 4 is 11.9 Å². The fourth-order valence-corrected chi connectivity index (χ4v) is 2.18. The van der Waals surface area contributed by atoms with E-state index in [1.54, 1.807) is 0 Å². The van der Waals surface area contributed by atoms with E-state index in [2.05, 4.69) is 0 Å². The molecule has 0 spiro atoms. The highest BCUT2D eigenvalue weighted by atomic mass is 16.8. The standard InChI is InChI=1S/C12H15NO7/c1-6(14)17-8-4-16-11-10(9(8)18-7(2)15)19-12(3,5-13)20-11/h8-11H,4H2,1-3H3/t8-,9+,10-,11-,12-/m1/s1. The quantitative estimate of drug-likeness (QED) is 0.646. The molecule has 2 aliphatic heterocycles. The Hall–Kier alpha value is -1.69. The lowest BCUT2D eigenvalue weighted by Gasteiger charge is -2.35. The maximum Gasteiger partial charge on any atom is 0.303 e. The number of hydrogen-bond donors (Lipinski definition) is 0. The second-order valence-electron chi connectivity index (χ2n) is 4.68. The van der Waals surface area contributed by atoms with Gasteiger partial charge in [-0.1, -0.05) is 0 Å². The molecule has 2 fully saturated rings. The van der Waals surface area contributed by atoms with Gasteiger partial charge in [0.1, 0.15) is 6.07 Å². The second kappa shape index (κ2) is 5.36. The summed E-state index contributed by atoms with van der Waals surface area (Å²) < 4.78 is 26.3. The zero-order valence-corrected chi connectivity index (χ0v) is 11.3. The Morgan fingerprint density at radius 2 is 1.90 bits per heavy atom. The molecule has 0 radical (unpaired) electrons. The molecule has 2 heterocycles. The molecule has 0 bridgehead atoms. The Morgan fingerprint density at radius 1 is 1.25 bits per heavy atom. The number of carbonyl (C=O) groups is 2. The van der Waals surface area contributed by atoms with Crippen molar-refractivity contribution in [3.8, 4) is 6.07 Å². The average Bonchev–Trinajstić information content (AvgIpc) is 2.69. The Bertz CT molecular complexity index is 459. The number of hydrogen-bond acceptors (Lipinski definition) is 8. The molecule has 0 unspecified atom stereocenters. The summed E-state index contributed by atoms with van der Waals surface area (Å²) in [6.45, 7) is 3.89. The first-order valence-electron chi connectivity index (χ1n) is 6.07. The molecule has 0 saturated carbocycles. The van der Waals surface area contributed by atoms with E-state index >= 15 is 0 Å². The molecule has 20 heavy (non-hydrogen) atoms. The molecule has 0 amide bonds. The highest BCUT2D eigenvalue weighted by Crippen LogP contribution is 2.36. The number of nitrogens with zero attached hydrogens (tertiary/aromatic N) is 1. The molecule has 0 aromatic heterocycles. The second-order valence-corrected chi connectivity index (χ2v) is 4.68. The molecule has 5 atom stereocenters. The third-order valence-corrected chi connectivity index (χ3v) is 2.91. The van der Waals surface area contributed by atoms with Crippen molar-refractivity contribution in [3.63, 3.8) is 0 Å². The molecule has 8 nitrogen and oxygen atoms in total. The van der Waals surface area contributed by atoms with Crippen LogP contribution in [-0.2, 0) is 33.3 Å². The van der Waals surface area contributed by atoms with Crippen molar-refractivity contribution in [2.75, 3.05) is 6.61 Å². The molecule has 2 aliphatic rings. The van der Waals surface area contributed by atoms with Crippen LogP contribution in [0.1, 0.15) is 20.8 Å². The van der Waals surface area contributed by atoms with E-state index in [1.165, 1.54) is 20.8 Å². The average molecular weight is 285 g/mol. The monoisotopic (exact) mass is 285 g/mol. The van der Waals surface area contributed by atoms with Crippen LogP contribution in [0.4, 0.5) is 0 Å². The van der Waals surface area contributed by atoms with Crippen LogP contribution in [-0.4, -0.2) is 48.9 Å². The van der Waals surface area contributed by atoms with Crippen molar-refractivity contribution < 1.29 is 33.3 Å². The summed E-state index contributed by atoms with van der Waals surface area (Å²) in [5.41, 5.74) is 0. The Balaban J connectivity index is 2.19. The van der Waals surface area contributed by atoms with Gasteiger partial charge in [-0.15, -0.1) is 0 Å². The maximum atomic E-state index is 11.2. The number of rotatable bonds is 2. The largest absolute Gasteiger partial charge is 0.456 e. The van der Waals surface area contributed by atoms with Crippen molar-refractivity contribution in [2.24, 2.45) is 0 Å². The molecular formula is C12H15NO7. The summed E-state index contributed by atoms with van der Waals surface area (Å²) in [4.78, 5) is 22.3. The Morgan fingerprint density at radius 3 is 2.45 bits per heavy atom. The molecule has 2 saturated heterocycles. The zero-order valence-electron chi connectivity index (χ0n) is 11.3. The highest BCUT2D eigenvalue weighted by molar-refractivity contribution is 5.67. The molecule has 0 aliphatic carbocycles. The minimum absolute atomic E-state index is 0.0104. The Kier molecular flexibility index (Phi) is 3.94. The van der Waals surface area contributed by atoms with Crippen molar-refractivity contribution in [1.29, 1.82) is 5.26 Å². The lowest BCUT2D eigenvalue weighted by atomic mass is 10.0. The van der Waals surface area contributed by atoms with Crippen LogP contribution in [0.5, 0.6) is 0 Å². The first kappa shape index (κ1) is 14.7. The van der Waals surface area contributed by atoms with E-state index in [-0.39, 0.29) is 6.61 Å². The van der Waals surface area contributed by atoms with Crippen LogP contribution in [0, 0.1) is 11.3 Å². The maximum absolute atomic E-state index is 11.2. The van der Waals surface area contributed by atoms with Gasteiger partial charge in [0, 0.05) is 20.8 Å². The molecule has 2 rings (SSSR count). The van der Waals surface area contributed by atoms with Gasteiger partial charge in [-0.05, 0) is 0 Å². The van der Waals surface area contributed by atoms with Crippen LogP contribution >= 0.6 is 0 Å². The number of esters is 2. The van der Waals surface area contributed by atoms with E-state index in [4.69, 9.17) is 28.9 Å². The normalized spacial score (nSPS) is 39.5. The van der Waals surface area contributed by atoms with Gasteiger partial charge >= 0.3 is 11.9 Å². The van der Waals surface area contributed by atoms with E-state index < -0.39 is 42.3 Å². The lowest BCUT2D eigenvalue weighted by molar-refractivity contribution is -0.230. The van der Waals surface area contributed by atoms with Gasteiger partial charge in [-0.25, -0.2) is 0 Å². The molecular weight excluding hydrogens is 270 g/mol. The number of ether oxygens (including phenoxy) is 5. The zero-order chi connectivity index (χ0) is 14.9. The van der Waals surface area contributed by atoms with Gasteiger partial charge < -0.3 is 23.7 Å². The molecule has 8 heteroatoms. The first-order chi connectivity index (χ1) is 9.34. The van der Waals surface area contributed by atoms with Crippen molar-refractivity contribution in [1.82, 2.24) is 0 Å². The lowest BCUT2D eigenvalue weighted by Crippen LogP contribution is -2.54. The van der Waals surface area contributed by atoms with E-state index in [0.717, 1.165) is 0 Å². The minimum atomic E-state index is -1.49. The van der Waals surface area contributed by atoms with E-state index in [0.29, 0.717) is 0 Å². The van der Waals surface area contributed by atoms with E-state index in [1.807, 2.05) is 6.07 Å². The summed E-state index contributed by atoms with van der Waals surface area (Å²) in [6, 6.07) is 1.85. The van der Waals surface area contributed by atoms with Gasteiger partial charge in [0.25, 0.3) is 5.79 Å². The first-order valence-corrected chi connectivity index (χ1v) is 6.07. The highest BCUT2D eigenvalue weighted by Gasteiger charge is 2.55. The smallest absolute Gasteiger partial charge is 0.303 e. The van der Waals surface area contributed by atoms with Gasteiger partial charge in [0.15, 0.2) is 24.6 Å². The molecule has 0 aromatic rings. The van der Waals surface area contributed by atoms with Crippen LogP contribution < -0.4 is 0 Å². The van der Waals surface area contributed by atoms with Crippen LogP contribution in [0.3, 0.4) is 0 Å². The fourth-order valence-electron chi connectivity index (χ4n) is 2.18. The topological polar surface area (TPSA) is 104 Å². The molecule has 0 N–H and O–H groups in total. The predicted octanol–water partition coefficient (Wildman–Crippen LogP) is -0.139. The van der Waals surface area contributed by atoms with Gasteiger partial charge in [-0.3, -0.25) is 9.59 Å². The van der Waals surface area contributed by atoms with Crippen LogP contribution in [0.2, 0.25) is 0 Å². The molecule has 110 valence electrons. The fraction of sp³-hybridized carbons (Fsp3) is 0.750. The Labute approximate surface area is 115 Å². The minimum Gasteiger partial charge on any atom is -0.456 e. The summed E-state index contributed by atoms with van der Waals surface area (Å²) in [7, 11) is 0. The van der Waals surface area contributed by atoms with Crippen LogP contribution in [0.25, 0.3) is 0 Å². The summed E-state index contributed by atoms with van der Waals surface area (Å²) >= 11 is 0. The van der Waals surface area contributed by atoms with Gasteiger partial charge in [0.05, 0.1) is 6.61 Å².